The molecule has 1 aliphatic rings. The molecule has 118 valence electrons. The molecule has 0 radical (unpaired) electrons. The molecule has 3 atom stereocenters. The Kier molecular flexibility index (Phi) is 5.65. The summed E-state index contributed by atoms with van der Waals surface area (Å²) < 4.78 is 0. The van der Waals surface area contributed by atoms with Crippen molar-refractivity contribution in [3.63, 3.8) is 0 Å². The first-order valence-corrected chi connectivity index (χ1v) is 6.61. The zero-order valence-electron chi connectivity index (χ0n) is 11.7. The van der Waals surface area contributed by atoms with Crippen molar-refractivity contribution in [2.24, 2.45) is 11.5 Å². The molecule has 9 heteroatoms. The minimum Gasteiger partial charge on any atom is -0.480 e. The van der Waals surface area contributed by atoms with Crippen molar-refractivity contribution in [2.75, 3.05) is 6.54 Å². The third kappa shape index (κ3) is 4.42. The molecule has 0 aromatic rings. The molecule has 21 heavy (non-hydrogen) atoms. The highest BCUT2D eigenvalue weighted by Gasteiger charge is 2.37. The molecule has 1 aliphatic heterocycles. The lowest BCUT2D eigenvalue weighted by Gasteiger charge is -2.26. The molecule has 0 bridgehead atoms. The second-order valence-corrected chi connectivity index (χ2v) is 5.04. The summed E-state index contributed by atoms with van der Waals surface area (Å²) in [6.07, 6.45) is 0.733. The predicted molar refractivity (Wildman–Crippen MR) is 71.8 cm³/mol. The van der Waals surface area contributed by atoms with E-state index in [1.807, 2.05) is 0 Å². The largest absolute Gasteiger partial charge is 0.480 e. The third-order valence-electron chi connectivity index (χ3n) is 3.31. The summed E-state index contributed by atoms with van der Waals surface area (Å²) in [5.41, 5.74) is 10.6. The lowest BCUT2D eigenvalue weighted by atomic mass is 10.1. The molecule has 0 saturated carbocycles. The fourth-order valence-corrected chi connectivity index (χ4v) is 2.19. The van der Waals surface area contributed by atoms with Crippen LogP contribution in [0, 0.1) is 0 Å². The van der Waals surface area contributed by atoms with E-state index in [4.69, 9.17) is 16.6 Å². The SMILES string of the molecule is CC(NC(=O)C1CCCN1C(=O)C(N)CC(N)=O)C(=O)O. The van der Waals surface area contributed by atoms with Crippen molar-refractivity contribution in [2.45, 2.75) is 44.3 Å². The number of carbonyl (C=O) groups is 4. The normalized spacial score (nSPS) is 20.7. The van der Waals surface area contributed by atoms with E-state index in [2.05, 4.69) is 5.32 Å². The van der Waals surface area contributed by atoms with Crippen molar-refractivity contribution in [3.05, 3.63) is 0 Å². The number of hydrogen-bond acceptors (Lipinski definition) is 5. The monoisotopic (exact) mass is 300 g/mol. The molecule has 0 spiro atoms. The zero-order valence-corrected chi connectivity index (χ0v) is 11.7. The van der Waals surface area contributed by atoms with Crippen LogP contribution in [-0.2, 0) is 19.2 Å². The molecule has 9 nitrogen and oxygen atoms in total. The van der Waals surface area contributed by atoms with E-state index < -0.39 is 41.8 Å². The molecule has 1 rings (SSSR count). The number of carbonyl (C=O) groups excluding carboxylic acids is 3. The van der Waals surface area contributed by atoms with Gasteiger partial charge in [0, 0.05) is 6.54 Å². The average molecular weight is 300 g/mol. The number of rotatable bonds is 6. The van der Waals surface area contributed by atoms with Gasteiger partial charge < -0.3 is 26.8 Å². The first-order chi connectivity index (χ1) is 9.73. The lowest BCUT2D eigenvalue weighted by Crippen LogP contribution is -2.53. The van der Waals surface area contributed by atoms with Gasteiger partial charge in [-0.3, -0.25) is 19.2 Å². The highest BCUT2D eigenvalue weighted by atomic mass is 16.4. The topological polar surface area (TPSA) is 156 Å². The molecule has 1 saturated heterocycles. The van der Waals surface area contributed by atoms with Gasteiger partial charge in [-0.1, -0.05) is 0 Å². The molecular formula is C12H20N4O5. The Hall–Kier alpha value is -2.16. The molecular weight excluding hydrogens is 280 g/mol. The van der Waals surface area contributed by atoms with E-state index in [9.17, 15) is 19.2 Å². The summed E-state index contributed by atoms with van der Waals surface area (Å²) in [5.74, 6) is -2.93. The van der Waals surface area contributed by atoms with Gasteiger partial charge in [-0.2, -0.15) is 0 Å². The van der Waals surface area contributed by atoms with Gasteiger partial charge in [-0.05, 0) is 19.8 Å². The van der Waals surface area contributed by atoms with Crippen LogP contribution in [0.4, 0.5) is 0 Å². The summed E-state index contributed by atoms with van der Waals surface area (Å²) in [7, 11) is 0. The first kappa shape index (κ1) is 16.9. The van der Waals surface area contributed by atoms with Crippen molar-refractivity contribution >= 4 is 23.7 Å². The standard InChI is InChI=1S/C12H20N4O5/c1-6(12(20)21)15-10(18)8-3-2-4-16(8)11(19)7(13)5-9(14)17/h6-8H,2-5,13H2,1H3,(H2,14,17)(H,15,18)(H,20,21). The Labute approximate surface area is 121 Å². The molecule has 6 N–H and O–H groups in total. The minimum absolute atomic E-state index is 0.296. The number of aliphatic carboxylic acids is 1. The second-order valence-electron chi connectivity index (χ2n) is 5.04. The second kappa shape index (κ2) is 7.02. The van der Waals surface area contributed by atoms with E-state index in [0.717, 1.165) is 0 Å². The molecule has 0 aromatic heterocycles. The lowest BCUT2D eigenvalue weighted by molar-refractivity contribution is -0.144. The Morgan fingerprint density at radius 2 is 2.00 bits per heavy atom. The van der Waals surface area contributed by atoms with Gasteiger partial charge in [0.1, 0.15) is 12.1 Å². The third-order valence-corrected chi connectivity index (χ3v) is 3.31. The Morgan fingerprint density at radius 3 is 2.52 bits per heavy atom. The van der Waals surface area contributed by atoms with Crippen LogP contribution in [0.15, 0.2) is 0 Å². The Morgan fingerprint density at radius 1 is 1.38 bits per heavy atom. The van der Waals surface area contributed by atoms with Gasteiger partial charge >= 0.3 is 5.97 Å². The van der Waals surface area contributed by atoms with Crippen LogP contribution < -0.4 is 16.8 Å². The van der Waals surface area contributed by atoms with Crippen LogP contribution >= 0.6 is 0 Å². The highest BCUT2D eigenvalue weighted by molar-refractivity contribution is 5.93. The molecule has 1 heterocycles. The van der Waals surface area contributed by atoms with Gasteiger partial charge in [0.15, 0.2) is 0 Å². The van der Waals surface area contributed by atoms with Crippen LogP contribution in [0.5, 0.6) is 0 Å². The van der Waals surface area contributed by atoms with Crippen LogP contribution in [0.3, 0.4) is 0 Å². The number of nitrogens with zero attached hydrogens (tertiary/aromatic N) is 1. The van der Waals surface area contributed by atoms with Gasteiger partial charge in [-0.25, -0.2) is 0 Å². The molecule has 0 aliphatic carbocycles. The van der Waals surface area contributed by atoms with Crippen LogP contribution in [0.2, 0.25) is 0 Å². The fraction of sp³-hybridized carbons (Fsp3) is 0.667. The van der Waals surface area contributed by atoms with E-state index >= 15 is 0 Å². The quantitative estimate of drug-likeness (QED) is 0.435. The summed E-state index contributed by atoms with van der Waals surface area (Å²) in [4.78, 5) is 46.9. The fourth-order valence-electron chi connectivity index (χ4n) is 2.19. The Balaban J connectivity index is 2.70. The number of nitrogens with two attached hydrogens (primary N) is 2. The summed E-state index contributed by atoms with van der Waals surface area (Å²) in [6, 6.07) is -2.90. The van der Waals surface area contributed by atoms with Gasteiger partial charge in [-0.15, -0.1) is 0 Å². The number of carboxylic acids is 1. The van der Waals surface area contributed by atoms with E-state index in [1.54, 1.807) is 0 Å². The van der Waals surface area contributed by atoms with Crippen molar-refractivity contribution in [1.82, 2.24) is 10.2 Å². The van der Waals surface area contributed by atoms with Gasteiger partial charge in [0.2, 0.25) is 17.7 Å². The van der Waals surface area contributed by atoms with Crippen LogP contribution in [0.1, 0.15) is 26.2 Å². The van der Waals surface area contributed by atoms with Crippen molar-refractivity contribution in [3.8, 4) is 0 Å². The summed E-state index contributed by atoms with van der Waals surface area (Å²) >= 11 is 0. The molecule has 0 aromatic carbocycles. The minimum atomic E-state index is -1.16. The number of hydrogen-bond donors (Lipinski definition) is 4. The van der Waals surface area contributed by atoms with E-state index in [1.165, 1.54) is 11.8 Å². The molecule has 1 fully saturated rings. The number of likely N-dealkylation sites (tertiary alicyclic amines) is 1. The van der Waals surface area contributed by atoms with Crippen LogP contribution in [-0.4, -0.2) is 58.4 Å². The maximum Gasteiger partial charge on any atom is 0.325 e. The van der Waals surface area contributed by atoms with Gasteiger partial charge in [0.25, 0.3) is 0 Å². The van der Waals surface area contributed by atoms with Gasteiger partial charge in [0.05, 0.1) is 12.5 Å². The highest BCUT2D eigenvalue weighted by Crippen LogP contribution is 2.19. The maximum absolute atomic E-state index is 12.1. The number of nitrogens with one attached hydrogen (secondary N) is 1. The Bertz CT molecular complexity index is 453. The summed E-state index contributed by atoms with van der Waals surface area (Å²) in [6.45, 7) is 1.67. The number of carboxylic acid groups (broad SMARTS) is 1. The predicted octanol–water partition coefficient (Wildman–Crippen LogP) is -2.23. The van der Waals surface area contributed by atoms with Crippen LogP contribution in [0.25, 0.3) is 0 Å². The number of amides is 3. The molecule has 3 unspecified atom stereocenters. The van der Waals surface area contributed by atoms with Crippen molar-refractivity contribution in [1.29, 1.82) is 0 Å². The maximum atomic E-state index is 12.1. The van der Waals surface area contributed by atoms with E-state index in [0.29, 0.717) is 19.4 Å². The summed E-state index contributed by atoms with van der Waals surface area (Å²) in [5, 5.41) is 11.1. The number of primary amides is 1. The van der Waals surface area contributed by atoms with Crippen molar-refractivity contribution < 1.29 is 24.3 Å². The van der Waals surface area contributed by atoms with E-state index in [-0.39, 0.29) is 6.42 Å². The molecule has 3 amide bonds. The first-order valence-electron chi connectivity index (χ1n) is 6.61. The zero-order chi connectivity index (χ0) is 16.2. The average Bonchev–Trinajstić information content (AvgIpc) is 2.85. The smallest absolute Gasteiger partial charge is 0.325 e.